The van der Waals surface area contributed by atoms with Crippen molar-refractivity contribution in [2.45, 2.75) is 20.1 Å². The molecule has 3 aromatic rings. The number of halogens is 3. The second-order valence-corrected chi connectivity index (χ2v) is 5.42. The first-order valence-corrected chi connectivity index (χ1v) is 7.37. The van der Waals surface area contributed by atoms with Crippen molar-refractivity contribution in [1.29, 1.82) is 0 Å². The monoisotopic (exact) mass is 368 g/mol. The van der Waals surface area contributed by atoms with E-state index in [0.29, 0.717) is 11.2 Å². The van der Waals surface area contributed by atoms with Crippen LogP contribution in [0.4, 0.5) is 8.78 Å². The molecule has 3 heterocycles. The van der Waals surface area contributed by atoms with Crippen LogP contribution in [0.15, 0.2) is 24.5 Å². The SMILES string of the molecule is Cc1cnn2nnc(CNC(=O)c3cnc(OC(F)F)c(Cl)c3)c2c1. The predicted molar refractivity (Wildman–Crippen MR) is 82.6 cm³/mol. The maximum atomic E-state index is 12.2. The van der Waals surface area contributed by atoms with Crippen LogP contribution < -0.4 is 10.1 Å². The number of nitrogens with one attached hydrogen (secondary N) is 1. The van der Waals surface area contributed by atoms with E-state index in [4.69, 9.17) is 11.6 Å². The van der Waals surface area contributed by atoms with Gasteiger partial charge in [0.1, 0.15) is 16.2 Å². The maximum Gasteiger partial charge on any atom is 0.388 e. The van der Waals surface area contributed by atoms with Crippen LogP contribution in [0.1, 0.15) is 21.6 Å². The molecule has 0 saturated carbocycles. The fourth-order valence-electron chi connectivity index (χ4n) is 2.05. The fraction of sp³-hybridized carbons (Fsp3) is 0.214. The molecule has 0 aliphatic heterocycles. The number of amides is 1. The summed E-state index contributed by atoms with van der Waals surface area (Å²) >= 11 is 5.78. The summed E-state index contributed by atoms with van der Waals surface area (Å²) in [5.41, 5.74) is 2.21. The smallest absolute Gasteiger partial charge is 0.388 e. The highest BCUT2D eigenvalue weighted by atomic mass is 35.5. The van der Waals surface area contributed by atoms with Crippen molar-refractivity contribution in [3.05, 3.63) is 46.4 Å². The van der Waals surface area contributed by atoms with Gasteiger partial charge in [0.05, 0.1) is 18.3 Å². The van der Waals surface area contributed by atoms with Gasteiger partial charge in [-0.3, -0.25) is 4.79 Å². The zero-order valence-corrected chi connectivity index (χ0v) is 13.5. The van der Waals surface area contributed by atoms with Gasteiger partial charge in [-0.05, 0) is 29.8 Å². The third-order valence-electron chi connectivity index (χ3n) is 3.18. The molecule has 1 amide bonds. The van der Waals surface area contributed by atoms with Crippen molar-refractivity contribution in [2.24, 2.45) is 0 Å². The normalized spacial score (nSPS) is 11.1. The number of ether oxygens (including phenoxy) is 1. The van der Waals surface area contributed by atoms with Gasteiger partial charge in [-0.15, -0.1) is 9.73 Å². The van der Waals surface area contributed by atoms with Crippen LogP contribution in [0.5, 0.6) is 5.88 Å². The highest BCUT2D eigenvalue weighted by Crippen LogP contribution is 2.24. The first-order chi connectivity index (χ1) is 11.9. The zero-order chi connectivity index (χ0) is 18.0. The minimum atomic E-state index is -3.05. The molecule has 11 heteroatoms. The van der Waals surface area contributed by atoms with Crippen molar-refractivity contribution in [3.63, 3.8) is 0 Å². The number of aryl methyl sites for hydroxylation is 1. The first kappa shape index (κ1) is 17.0. The Hall–Kier alpha value is -2.88. The third kappa shape index (κ3) is 3.79. The summed E-state index contributed by atoms with van der Waals surface area (Å²) in [5, 5.41) is 14.3. The molecule has 0 spiro atoms. The molecule has 0 bridgehead atoms. The molecule has 1 N–H and O–H groups in total. The Labute approximate surface area is 144 Å². The van der Waals surface area contributed by atoms with Gasteiger partial charge in [0, 0.05) is 6.20 Å². The highest BCUT2D eigenvalue weighted by molar-refractivity contribution is 6.32. The number of carbonyl (C=O) groups is 1. The Morgan fingerprint density at radius 2 is 2.20 bits per heavy atom. The minimum absolute atomic E-state index is 0.0948. The molecule has 0 aliphatic carbocycles. The second-order valence-electron chi connectivity index (χ2n) is 5.02. The van der Waals surface area contributed by atoms with Gasteiger partial charge >= 0.3 is 6.61 Å². The standard InChI is InChI=1S/C14H11ClF2N6O2/c1-7-2-11-10(21-22-23(11)20-4-7)6-18-12(24)8-3-9(15)13(19-5-8)25-14(16)17/h2-5,14H,6H2,1H3,(H,18,24). The average Bonchev–Trinajstić information content (AvgIpc) is 2.96. The van der Waals surface area contributed by atoms with Crippen LogP contribution in [-0.4, -0.2) is 37.5 Å². The topological polar surface area (TPSA) is 94.3 Å². The van der Waals surface area contributed by atoms with E-state index in [-0.39, 0.29) is 17.1 Å². The number of pyridine rings is 1. The van der Waals surface area contributed by atoms with Crippen molar-refractivity contribution in [3.8, 4) is 5.88 Å². The summed E-state index contributed by atoms with van der Waals surface area (Å²) in [6, 6.07) is 3.03. The van der Waals surface area contributed by atoms with E-state index in [2.05, 4.69) is 30.4 Å². The van der Waals surface area contributed by atoms with Gasteiger partial charge < -0.3 is 10.1 Å². The Bertz CT molecular complexity index is 933. The van der Waals surface area contributed by atoms with Crippen LogP contribution in [0, 0.1) is 6.92 Å². The van der Waals surface area contributed by atoms with E-state index in [0.717, 1.165) is 11.8 Å². The Morgan fingerprint density at radius 1 is 1.40 bits per heavy atom. The molecule has 3 rings (SSSR count). The number of hydrogen-bond acceptors (Lipinski definition) is 6. The van der Waals surface area contributed by atoms with Crippen LogP contribution in [0.25, 0.3) is 5.52 Å². The summed E-state index contributed by atoms with van der Waals surface area (Å²) in [7, 11) is 0. The maximum absolute atomic E-state index is 12.2. The number of hydrogen-bond donors (Lipinski definition) is 1. The lowest BCUT2D eigenvalue weighted by Gasteiger charge is -2.07. The molecule has 0 radical (unpaired) electrons. The molecule has 8 nitrogen and oxygen atoms in total. The number of alkyl halides is 2. The quantitative estimate of drug-likeness (QED) is 0.740. The Morgan fingerprint density at radius 3 is 2.92 bits per heavy atom. The van der Waals surface area contributed by atoms with Gasteiger partial charge in [-0.1, -0.05) is 11.6 Å². The lowest BCUT2D eigenvalue weighted by atomic mass is 10.2. The first-order valence-electron chi connectivity index (χ1n) is 7.00. The summed E-state index contributed by atoms with van der Waals surface area (Å²) in [4.78, 5) is 15.8. The van der Waals surface area contributed by atoms with Crippen molar-refractivity contribution in [1.82, 2.24) is 30.3 Å². The van der Waals surface area contributed by atoms with Gasteiger partial charge in [0.15, 0.2) is 0 Å². The number of rotatable bonds is 5. The van der Waals surface area contributed by atoms with Crippen LogP contribution >= 0.6 is 11.6 Å². The van der Waals surface area contributed by atoms with Crippen molar-refractivity contribution < 1.29 is 18.3 Å². The lowest BCUT2D eigenvalue weighted by molar-refractivity contribution is -0.0527. The number of nitrogens with zero attached hydrogens (tertiary/aromatic N) is 5. The van der Waals surface area contributed by atoms with Crippen molar-refractivity contribution in [2.75, 3.05) is 0 Å². The molecule has 0 fully saturated rings. The Kier molecular flexibility index (Phi) is 4.70. The number of aromatic nitrogens is 5. The van der Waals surface area contributed by atoms with Crippen LogP contribution in [0.2, 0.25) is 5.02 Å². The van der Waals surface area contributed by atoms with Crippen LogP contribution in [-0.2, 0) is 6.54 Å². The molecule has 0 saturated heterocycles. The van der Waals surface area contributed by atoms with Gasteiger partial charge in [0.25, 0.3) is 5.91 Å². The van der Waals surface area contributed by atoms with E-state index in [1.807, 2.05) is 13.0 Å². The second kappa shape index (κ2) is 6.93. The molecule has 25 heavy (non-hydrogen) atoms. The molecule has 3 aromatic heterocycles. The number of fused-ring (bicyclic) bond motifs is 1. The largest absolute Gasteiger partial charge is 0.415 e. The summed E-state index contributed by atoms with van der Waals surface area (Å²) in [6.45, 7) is -1.08. The van der Waals surface area contributed by atoms with E-state index in [1.54, 1.807) is 6.20 Å². The molecular weight excluding hydrogens is 358 g/mol. The van der Waals surface area contributed by atoms with E-state index < -0.39 is 18.4 Å². The summed E-state index contributed by atoms with van der Waals surface area (Å²) in [5.74, 6) is -0.946. The van der Waals surface area contributed by atoms with Crippen LogP contribution in [0.3, 0.4) is 0 Å². The predicted octanol–water partition coefficient (Wildman–Crippen LogP) is 2.01. The molecule has 0 atom stereocenters. The Balaban J connectivity index is 1.71. The fourth-order valence-corrected chi connectivity index (χ4v) is 2.26. The molecule has 130 valence electrons. The highest BCUT2D eigenvalue weighted by Gasteiger charge is 2.15. The van der Waals surface area contributed by atoms with Gasteiger partial charge in [-0.2, -0.15) is 13.9 Å². The van der Waals surface area contributed by atoms with Gasteiger partial charge in [0.2, 0.25) is 5.88 Å². The average molecular weight is 369 g/mol. The van der Waals surface area contributed by atoms with E-state index in [1.165, 1.54) is 10.7 Å². The summed E-state index contributed by atoms with van der Waals surface area (Å²) < 4.78 is 29.8. The minimum Gasteiger partial charge on any atom is -0.415 e. The molecule has 0 aliphatic rings. The van der Waals surface area contributed by atoms with E-state index >= 15 is 0 Å². The molecular formula is C14H11ClF2N6O2. The molecule has 0 aromatic carbocycles. The molecule has 0 unspecified atom stereocenters. The zero-order valence-electron chi connectivity index (χ0n) is 12.8. The van der Waals surface area contributed by atoms with Crippen molar-refractivity contribution >= 4 is 23.0 Å². The van der Waals surface area contributed by atoms with Gasteiger partial charge in [-0.25, -0.2) is 4.98 Å². The third-order valence-corrected chi connectivity index (χ3v) is 3.45. The van der Waals surface area contributed by atoms with E-state index in [9.17, 15) is 13.6 Å². The summed E-state index contributed by atoms with van der Waals surface area (Å²) in [6.07, 6.45) is 2.73. The lowest BCUT2D eigenvalue weighted by Crippen LogP contribution is -2.23. The number of carbonyl (C=O) groups excluding carboxylic acids is 1.